The largest absolute Gasteiger partial charge is 0.490 e. The first-order chi connectivity index (χ1) is 14.7. The highest BCUT2D eigenvalue weighted by atomic mass is 16.6. The molecular formula is C25H31NO5. The van der Waals surface area contributed by atoms with Crippen molar-refractivity contribution in [3.8, 4) is 5.75 Å². The number of hydrogen-bond acceptors (Lipinski definition) is 5. The molecule has 0 saturated heterocycles. The van der Waals surface area contributed by atoms with Gasteiger partial charge in [-0.05, 0) is 63.4 Å². The summed E-state index contributed by atoms with van der Waals surface area (Å²) in [5.41, 5.74) is 3.20. The molecule has 166 valence electrons. The van der Waals surface area contributed by atoms with E-state index in [0.29, 0.717) is 31.2 Å². The fourth-order valence-corrected chi connectivity index (χ4v) is 3.73. The van der Waals surface area contributed by atoms with Crippen molar-refractivity contribution in [2.24, 2.45) is 0 Å². The van der Waals surface area contributed by atoms with E-state index in [1.807, 2.05) is 70.2 Å². The number of nitrogens with zero attached hydrogens (tertiary/aromatic N) is 1. The van der Waals surface area contributed by atoms with Crippen molar-refractivity contribution >= 4 is 17.7 Å². The van der Waals surface area contributed by atoms with Crippen molar-refractivity contribution in [1.29, 1.82) is 0 Å². The number of aryl methyl sites for hydroxylation is 1. The highest BCUT2D eigenvalue weighted by Crippen LogP contribution is 2.38. The molecule has 6 nitrogen and oxygen atoms in total. The molecule has 1 aliphatic rings. The van der Waals surface area contributed by atoms with Crippen LogP contribution in [0.25, 0.3) is 0 Å². The van der Waals surface area contributed by atoms with Crippen molar-refractivity contribution in [2.45, 2.75) is 52.6 Å². The molecule has 0 bridgehead atoms. The van der Waals surface area contributed by atoms with Gasteiger partial charge in [0.25, 0.3) is 0 Å². The molecule has 0 aliphatic carbocycles. The van der Waals surface area contributed by atoms with Crippen molar-refractivity contribution in [3.63, 3.8) is 0 Å². The summed E-state index contributed by atoms with van der Waals surface area (Å²) in [7, 11) is 0. The third kappa shape index (κ3) is 5.57. The number of anilines is 1. The Morgan fingerprint density at radius 2 is 1.90 bits per heavy atom. The highest BCUT2D eigenvalue weighted by Gasteiger charge is 2.29. The Morgan fingerprint density at radius 1 is 1.16 bits per heavy atom. The molecule has 0 saturated carbocycles. The van der Waals surface area contributed by atoms with E-state index in [4.69, 9.17) is 14.2 Å². The maximum atomic E-state index is 12.7. The lowest BCUT2D eigenvalue weighted by Gasteiger charge is -2.32. The Kier molecular flexibility index (Phi) is 6.88. The van der Waals surface area contributed by atoms with Gasteiger partial charge < -0.3 is 14.2 Å². The van der Waals surface area contributed by atoms with Gasteiger partial charge in [-0.15, -0.1) is 0 Å². The first-order valence-corrected chi connectivity index (χ1v) is 10.7. The van der Waals surface area contributed by atoms with E-state index in [1.54, 1.807) is 11.8 Å². The molecule has 2 aromatic carbocycles. The van der Waals surface area contributed by atoms with Crippen molar-refractivity contribution < 1.29 is 23.8 Å². The van der Waals surface area contributed by atoms with Gasteiger partial charge in [0, 0.05) is 5.92 Å². The predicted octanol–water partition coefficient (Wildman–Crippen LogP) is 5.21. The Morgan fingerprint density at radius 3 is 2.58 bits per heavy atom. The number of carbonyl (C=O) groups is 2. The quantitative estimate of drug-likeness (QED) is 0.615. The molecular weight excluding hydrogens is 394 g/mol. The van der Waals surface area contributed by atoms with Crippen molar-refractivity contribution in [3.05, 3.63) is 59.2 Å². The number of hydrogen-bond donors (Lipinski definition) is 0. The van der Waals surface area contributed by atoms with Crippen LogP contribution in [-0.2, 0) is 14.3 Å². The zero-order valence-corrected chi connectivity index (χ0v) is 18.9. The topological polar surface area (TPSA) is 65.1 Å². The Bertz CT molecular complexity index is 947. The van der Waals surface area contributed by atoms with Gasteiger partial charge >= 0.3 is 12.1 Å². The molecule has 0 aromatic heterocycles. The van der Waals surface area contributed by atoms with Crippen molar-refractivity contribution in [2.75, 3.05) is 24.7 Å². The first-order valence-electron chi connectivity index (χ1n) is 10.7. The van der Waals surface area contributed by atoms with E-state index < -0.39 is 11.7 Å². The van der Waals surface area contributed by atoms with Gasteiger partial charge in [-0.3, -0.25) is 9.69 Å². The maximum absolute atomic E-state index is 12.7. The fraction of sp³-hybridized carbons (Fsp3) is 0.440. The zero-order valence-electron chi connectivity index (χ0n) is 18.9. The van der Waals surface area contributed by atoms with Gasteiger partial charge in [0.05, 0.1) is 25.3 Å². The molecule has 0 spiro atoms. The second kappa shape index (κ2) is 9.41. The zero-order chi connectivity index (χ0) is 22.6. The summed E-state index contributed by atoms with van der Waals surface area (Å²) in [6, 6.07) is 13.8. The lowest BCUT2D eigenvalue weighted by Crippen LogP contribution is -2.41. The molecule has 6 heteroatoms. The number of esters is 1. The first kappa shape index (κ1) is 22.7. The molecule has 0 unspecified atom stereocenters. The Labute approximate surface area is 184 Å². The van der Waals surface area contributed by atoms with E-state index in [9.17, 15) is 9.59 Å². The van der Waals surface area contributed by atoms with Gasteiger partial charge in [-0.1, -0.05) is 30.3 Å². The average molecular weight is 426 g/mol. The molecule has 2 aromatic rings. The Balaban J connectivity index is 1.96. The number of fused-ring (bicyclic) bond motifs is 1. The van der Waals surface area contributed by atoms with Crippen LogP contribution >= 0.6 is 0 Å². The molecule has 1 aliphatic heterocycles. The van der Waals surface area contributed by atoms with Crippen LogP contribution in [0.4, 0.5) is 10.5 Å². The van der Waals surface area contributed by atoms with Gasteiger partial charge in [-0.25, -0.2) is 4.79 Å². The summed E-state index contributed by atoms with van der Waals surface area (Å²) >= 11 is 0. The molecule has 0 radical (unpaired) electrons. The van der Waals surface area contributed by atoms with Crippen LogP contribution < -0.4 is 9.64 Å². The molecule has 3 rings (SSSR count). The van der Waals surface area contributed by atoms with Crippen LogP contribution in [0, 0.1) is 6.92 Å². The summed E-state index contributed by atoms with van der Waals surface area (Å²) in [5.74, 6) is 0.188. The number of ether oxygens (including phenoxy) is 3. The number of amides is 1. The van der Waals surface area contributed by atoms with Gasteiger partial charge in [0.2, 0.25) is 0 Å². The third-order valence-corrected chi connectivity index (χ3v) is 5.10. The summed E-state index contributed by atoms with van der Waals surface area (Å²) in [5, 5.41) is 0. The van der Waals surface area contributed by atoms with Gasteiger partial charge in [0.15, 0.2) is 0 Å². The van der Waals surface area contributed by atoms with Crippen LogP contribution in [0.3, 0.4) is 0 Å². The monoisotopic (exact) mass is 425 g/mol. The molecule has 1 amide bonds. The molecule has 1 atom stereocenters. The second-order valence-corrected chi connectivity index (χ2v) is 8.63. The summed E-state index contributed by atoms with van der Waals surface area (Å²) in [6.07, 6.45) is -0.167. The highest BCUT2D eigenvalue weighted by molar-refractivity contribution is 5.90. The summed E-state index contributed by atoms with van der Waals surface area (Å²) < 4.78 is 16.6. The minimum atomic E-state index is -0.578. The van der Waals surface area contributed by atoms with E-state index in [0.717, 1.165) is 16.7 Å². The number of rotatable bonds is 5. The minimum Gasteiger partial charge on any atom is -0.490 e. The minimum absolute atomic E-state index is 0.175. The average Bonchev–Trinajstić information content (AvgIpc) is 2.71. The smallest absolute Gasteiger partial charge is 0.415 e. The predicted molar refractivity (Wildman–Crippen MR) is 120 cm³/mol. The van der Waals surface area contributed by atoms with Gasteiger partial charge in [-0.2, -0.15) is 0 Å². The SMILES string of the molecule is CCOC(=O)C[C@H](c1ccc2c(c1)OCCN2C(=O)OC(C)(C)C)c1ccccc1C. The van der Waals surface area contributed by atoms with Crippen LogP contribution in [0.5, 0.6) is 5.75 Å². The lowest BCUT2D eigenvalue weighted by atomic mass is 9.85. The van der Waals surface area contributed by atoms with E-state index in [2.05, 4.69) is 0 Å². The summed E-state index contributed by atoms with van der Waals surface area (Å²) in [6.45, 7) is 10.5. The standard InChI is InChI=1S/C25H31NO5/c1-6-29-23(27)16-20(19-10-8-7-9-17(19)2)18-11-12-21-22(15-18)30-14-13-26(21)24(28)31-25(3,4)5/h7-12,15,20H,6,13-14,16H2,1-5H3/t20-/m1/s1. The normalized spacial score (nSPS) is 14.3. The molecule has 31 heavy (non-hydrogen) atoms. The van der Waals surface area contributed by atoms with Crippen LogP contribution in [0.15, 0.2) is 42.5 Å². The molecule has 0 fully saturated rings. The van der Waals surface area contributed by atoms with Crippen LogP contribution in [-0.4, -0.2) is 37.4 Å². The molecule has 0 N–H and O–H groups in total. The summed E-state index contributed by atoms with van der Waals surface area (Å²) in [4.78, 5) is 26.6. The van der Waals surface area contributed by atoms with E-state index in [1.165, 1.54) is 0 Å². The molecule has 1 heterocycles. The van der Waals surface area contributed by atoms with E-state index in [-0.39, 0.29) is 18.3 Å². The van der Waals surface area contributed by atoms with Crippen LogP contribution in [0.2, 0.25) is 0 Å². The van der Waals surface area contributed by atoms with Crippen molar-refractivity contribution in [1.82, 2.24) is 0 Å². The van der Waals surface area contributed by atoms with Gasteiger partial charge in [0.1, 0.15) is 18.0 Å². The van der Waals surface area contributed by atoms with Crippen LogP contribution in [0.1, 0.15) is 56.7 Å². The Hall–Kier alpha value is -3.02. The third-order valence-electron chi connectivity index (χ3n) is 5.10. The lowest BCUT2D eigenvalue weighted by molar-refractivity contribution is -0.143. The van der Waals surface area contributed by atoms with E-state index >= 15 is 0 Å². The second-order valence-electron chi connectivity index (χ2n) is 8.63. The number of carbonyl (C=O) groups excluding carboxylic acids is 2. The fourth-order valence-electron chi connectivity index (χ4n) is 3.73. The maximum Gasteiger partial charge on any atom is 0.415 e. The number of benzene rings is 2.